The third kappa shape index (κ3) is 5.01. The van der Waals surface area contributed by atoms with Crippen molar-refractivity contribution < 1.29 is 39.6 Å². The van der Waals surface area contributed by atoms with Gasteiger partial charge in [0.15, 0.2) is 12.4 Å². The Morgan fingerprint density at radius 3 is 2.54 bits per heavy atom. The number of ketones is 1. The van der Waals surface area contributed by atoms with Crippen molar-refractivity contribution >= 4 is 17.7 Å². The van der Waals surface area contributed by atoms with Gasteiger partial charge in [0.25, 0.3) is 0 Å². The number of fused-ring (bicyclic) bond motifs is 5. The monoisotopic (exact) mass is 568 g/mol. The van der Waals surface area contributed by atoms with E-state index in [9.17, 15) is 29.7 Å². The molecule has 0 bridgehead atoms. The molecule has 1 amide bonds. The summed E-state index contributed by atoms with van der Waals surface area (Å²) in [6.07, 6.45) is 7.07. The SMILES string of the molecule is C[C@]12C[C@@H](O)[C@@H]3[C@H](CCC4=CC(NOCC(=O)NCc5ccc(C(=O)O)cc5)=CC[C@]43C)[C@@H]1CC[C@@]2(O)C(=O)CO. The van der Waals surface area contributed by atoms with Crippen molar-refractivity contribution in [1.82, 2.24) is 10.8 Å². The fraction of sp³-hybridized carbons (Fsp3) is 0.581. The molecule has 222 valence electrons. The van der Waals surface area contributed by atoms with Crippen LogP contribution in [0.15, 0.2) is 47.7 Å². The number of Topliss-reactive ketones (excluding diaryl/α,β-unsaturated/α-hetero) is 1. The van der Waals surface area contributed by atoms with Gasteiger partial charge in [0.1, 0.15) is 12.2 Å². The van der Waals surface area contributed by atoms with Crippen LogP contribution in [-0.2, 0) is 21.0 Å². The second kappa shape index (κ2) is 11.0. The Kier molecular flexibility index (Phi) is 7.88. The third-order valence-corrected chi connectivity index (χ3v) is 10.6. The summed E-state index contributed by atoms with van der Waals surface area (Å²) in [6, 6.07) is 6.28. The number of hydrogen-bond donors (Lipinski definition) is 6. The van der Waals surface area contributed by atoms with Crippen LogP contribution in [-0.4, -0.2) is 63.0 Å². The maximum atomic E-state index is 12.6. The minimum Gasteiger partial charge on any atom is -0.478 e. The van der Waals surface area contributed by atoms with Gasteiger partial charge >= 0.3 is 5.97 Å². The average molecular weight is 569 g/mol. The number of rotatable bonds is 9. The van der Waals surface area contributed by atoms with E-state index in [1.807, 2.05) is 19.1 Å². The molecular formula is C31H40N2O8. The molecule has 0 unspecified atom stereocenters. The topological polar surface area (TPSA) is 165 Å². The van der Waals surface area contributed by atoms with E-state index < -0.39 is 35.5 Å². The molecule has 6 N–H and O–H groups in total. The number of carbonyl (C=O) groups is 3. The molecule has 3 saturated carbocycles. The molecule has 7 atom stereocenters. The van der Waals surface area contributed by atoms with Crippen molar-refractivity contribution in [2.24, 2.45) is 28.6 Å². The van der Waals surface area contributed by atoms with Crippen molar-refractivity contribution in [3.05, 3.63) is 58.8 Å². The molecule has 1 aromatic carbocycles. The molecule has 3 fully saturated rings. The normalized spacial score (nSPS) is 35.7. The van der Waals surface area contributed by atoms with Gasteiger partial charge in [-0.15, -0.1) is 0 Å². The van der Waals surface area contributed by atoms with Gasteiger partial charge in [-0.05, 0) is 85.5 Å². The van der Waals surface area contributed by atoms with Gasteiger partial charge in [0.05, 0.1) is 17.4 Å². The van der Waals surface area contributed by atoms with Gasteiger partial charge in [0, 0.05) is 12.0 Å². The quantitative estimate of drug-likeness (QED) is 0.245. The van der Waals surface area contributed by atoms with Crippen molar-refractivity contribution in [1.29, 1.82) is 0 Å². The third-order valence-electron chi connectivity index (χ3n) is 10.6. The summed E-state index contributed by atoms with van der Waals surface area (Å²) >= 11 is 0. The fourth-order valence-electron chi connectivity index (χ4n) is 8.41. The number of aromatic carboxylic acids is 1. The average Bonchev–Trinajstić information content (AvgIpc) is 3.22. The molecule has 0 saturated heterocycles. The molecule has 41 heavy (non-hydrogen) atoms. The van der Waals surface area contributed by atoms with Crippen LogP contribution in [0.2, 0.25) is 0 Å². The zero-order valence-corrected chi connectivity index (χ0v) is 23.6. The minimum atomic E-state index is -1.60. The number of carboxylic acids is 1. The maximum Gasteiger partial charge on any atom is 0.335 e. The Bertz CT molecular complexity index is 1280. The van der Waals surface area contributed by atoms with Gasteiger partial charge in [-0.1, -0.05) is 37.6 Å². The number of hydrogen-bond acceptors (Lipinski definition) is 8. The van der Waals surface area contributed by atoms with E-state index in [1.54, 1.807) is 12.1 Å². The first kappa shape index (κ1) is 29.4. The molecule has 0 heterocycles. The van der Waals surface area contributed by atoms with E-state index in [4.69, 9.17) is 9.94 Å². The largest absolute Gasteiger partial charge is 0.478 e. The number of carboxylic acid groups (broad SMARTS) is 1. The van der Waals surface area contributed by atoms with Crippen LogP contribution in [0.3, 0.4) is 0 Å². The Morgan fingerprint density at radius 2 is 1.85 bits per heavy atom. The summed E-state index contributed by atoms with van der Waals surface area (Å²) in [5, 5.41) is 44.1. The first-order chi connectivity index (χ1) is 19.4. The lowest BCUT2D eigenvalue weighted by atomic mass is 9.45. The Labute approximate surface area is 239 Å². The van der Waals surface area contributed by atoms with E-state index in [0.717, 1.165) is 24.1 Å². The molecule has 0 spiro atoms. The summed E-state index contributed by atoms with van der Waals surface area (Å²) in [7, 11) is 0. The highest BCUT2D eigenvalue weighted by molar-refractivity contribution is 5.89. The first-order valence-corrected chi connectivity index (χ1v) is 14.4. The highest BCUT2D eigenvalue weighted by Gasteiger charge is 2.68. The van der Waals surface area contributed by atoms with Gasteiger partial charge in [-0.3, -0.25) is 19.9 Å². The molecule has 4 aliphatic carbocycles. The molecule has 0 radical (unpaired) electrons. The second-order valence-corrected chi connectivity index (χ2v) is 12.6. The number of benzene rings is 1. The summed E-state index contributed by atoms with van der Waals surface area (Å²) in [5.41, 5.74) is 3.16. The minimum absolute atomic E-state index is 0.0128. The predicted octanol–water partition coefficient (Wildman–Crippen LogP) is 2.24. The number of aliphatic hydroxyl groups excluding tert-OH is 2. The van der Waals surface area contributed by atoms with Crippen LogP contribution in [0.5, 0.6) is 0 Å². The van der Waals surface area contributed by atoms with Crippen molar-refractivity contribution in [2.45, 2.75) is 70.6 Å². The second-order valence-electron chi connectivity index (χ2n) is 12.6. The lowest BCUT2D eigenvalue weighted by molar-refractivity contribution is -0.181. The highest BCUT2D eigenvalue weighted by atomic mass is 16.6. The van der Waals surface area contributed by atoms with Gasteiger partial charge < -0.3 is 25.7 Å². The molecule has 0 aliphatic heterocycles. The van der Waals surface area contributed by atoms with Crippen LogP contribution in [0.1, 0.15) is 68.3 Å². The summed E-state index contributed by atoms with van der Waals surface area (Å²) < 4.78 is 0. The molecule has 5 rings (SSSR count). The lowest BCUT2D eigenvalue weighted by Gasteiger charge is -2.60. The number of amides is 1. The molecular weight excluding hydrogens is 528 g/mol. The Balaban J connectivity index is 1.17. The summed E-state index contributed by atoms with van der Waals surface area (Å²) in [5.74, 6) is -1.63. The fourth-order valence-corrected chi connectivity index (χ4v) is 8.41. The van der Waals surface area contributed by atoms with E-state index >= 15 is 0 Å². The highest BCUT2D eigenvalue weighted by Crippen LogP contribution is 2.67. The summed E-state index contributed by atoms with van der Waals surface area (Å²) in [4.78, 5) is 41.3. The smallest absolute Gasteiger partial charge is 0.335 e. The van der Waals surface area contributed by atoms with Crippen molar-refractivity contribution in [2.75, 3.05) is 13.2 Å². The van der Waals surface area contributed by atoms with Crippen LogP contribution in [0.25, 0.3) is 0 Å². The number of hydroxylamine groups is 1. The van der Waals surface area contributed by atoms with Gasteiger partial charge in [-0.2, -0.15) is 0 Å². The van der Waals surface area contributed by atoms with Gasteiger partial charge in [-0.25, -0.2) is 4.79 Å². The maximum absolute atomic E-state index is 12.6. The first-order valence-electron chi connectivity index (χ1n) is 14.4. The van der Waals surface area contributed by atoms with Crippen LogP contribution in [0, 0.1) is 28.6 Å². The number of nitrogens with one attached hydrogen (secondary N) is 2. The van der Waals surface area contributed by atoms with Crippen molar-refractivity contribution in [3.63, 3.8) is 0 Å². The van der Waals surface area contributed by atoms with Crippen LogP contribution in [0.4, 0.5) is 0 Å². The molecule has 10 heteroatoms. The Morgan fingerprint density at radius 1 is 1.12 bits per heavy atom. The van der Waals surface area contributed by atoms with Crippen molar-refractivity contribution in [3.8, 4) is 0 Å². The molecule has 0 aromatic heterocycles. The number of aliphatic hydroxyl groups is 3. The van der Waals surface area contributed by atoms with E-state index in [1.165, 1.54) is 17.7 Å². The van der Waals surface area contributed by atoms with Crippen LogP contribution < -0.4 is 10.8 Å². The Hall–Kier alpha value is -3.05. The zero-order chi connectivity index (χ0) is 29.6. The molecule has 10 nitrogen and oxygen atoms in total. The number of allylic oxidation sites excluding steroid dienone is 3. The lowest BCUT2D eigenvalue weighted by Crippen LogP contribution is -2.61. The molecule has 1 aromatic rings. The number of carbonyl (C=O) groups excluding carboxylic acids is 2. The summed E-state index contributed by atoms with van der Waals surface area (Å²) in [6.45, 7) is 3.46. The van der Waals surface area contributed by atoms with E-state index in [2.05, 4.69) is 17.7 Å². The van der Waals surface area contributed by atoms with Gasteiger partial charge in [0.2, 0.25) is 5.91 Å². The predicted molar refractivity (Wildman–Crippen MR) is 148 cm³/mol. The van der Waals surface area contributed by atoms with Crippen LogP contribution >= 0.6 is 0 Å². The molecule has 4 aliphatic rings. The van der Waals surface area contributed by atoms with E-state index in [-0.39, 0.29) is 47.8 Å². The zero-order valence-electron chi connectivity index (χ0n) is 23.6. The van der Waals surface area contributed by atoms with E-state index in [0.29, 0.717) is 25.7 Å². The standard InChI is InChI=1S/C31H40N2O8/c1-29-11-9-21(33-41-17-26(37)32-15-18-3-5-19(6-4-18)28(38)39)13-20(29)7-8-22-23-10-12-31(40,25(36)16-34)30(23,2)14-24(35)27(22)29/h3-6,9,13,22-24,27,33-35,40H,7-8,10-12,14-17H2,1-2H3,(H,32,37)(H,38,39)/t22-,23+,24-,27+,29-,30+,31-/m1/s1.